The molecule has 92 valence electrons. The van der Waals surface area contributed by atoms with Crippen LogP contribution in [0, 0.1) is 10.8 Å². The predicted molar refractivity (Wildman–Crippen MR) is 66.4 cm³/mol. The van der Waals surface area contributed by atoms with E-state index in [0.29, 0.717) is 6.61 Å². The van der Waals surface area contributed by atoms with Crippen molar-refractivity contribution in [2.75, 3.05) is 6.61 Å². The summed E-state index contributed by atoms with van der Waals surface area (Å²) >= 11 is 0. The molecule has 0 radical (unpaired) electrons. The van der Waals surface area contributed by atoms with E-state index in [4.69, 9.17) is 4.74 Å². The van der Waals surface area contributed by atoms with Crippen molar-refractivity contribution in [2.45, 2.75) is 53.6 Å². The lowest BCUT2D eigenvalue weighted by atomic mass is 9.64. The number of carbonyl (C=O) groups excluding carboxylic acids is 1. The van der Waals surface area contributed by atoms with E-state index in [9.17, 15) is 4.79 Å². The number of ketones is 1. The molecule has 1 atom stereocenters. The normalized spacial score (nSPS) is 27.8. The van der Waals surface area contributed by atoms with Crippen molar-refractivity contribution in [1.29, 1.82) is 0 Å². The second-order valence-electron chi connectivity index (χ2n) is 6.38. The molecule has 0 aliphatic heterocycles. The Morgan fingerprint density at radius 1 is 1.38 bits per heavy atom. The molecule has 0 saturated heterocycles. The summed E-state index contributed by atoms with van der Waals surface area (Å²) < 4.78 is 5.76. The molecule has 0 heterocycles. The van der Waals surface area contributed by atoms with Crippen LogP contribution in [0.4, 0.5) is 0 Å². The molecule has 0 aromatic heterocycles. The summed E-state index contributed by atoms with van der Waals surface area (Å²) in [6.07, 6.45) is 1.70. The van der Waals surface area contributed by atoms with Crippen LogP contribution in [-0.2, 0) is 9.53 Å². The van der Waals surface area contributed by atoms with E-state index < -0.39 is 0 Å². The van der Waals surface area contributed by atoms with E-state index in [1.54, 1.807) is 0 Å². The number of Topliss-reactive ketones (excluding diaryl/α,β-unsaturated/α-hetero) is 1. The van der Waals surface area contributed by atoms with Gasteiger partial charge in [0.15, 0.2) is 5.78 Å². The summed E-state index contributed by atoms with van der Waals surface area (Å²) in [6.45, 7) is 14.5. The van der Waals surface area contributed by atoms with Gasteiger partial charge in [0.05, 0.1) is 6.61 Å². The summed E-state index contributed by atoms with van der Waals surface area (Å²) in [6, 6.07) is 0. The van der Waals surface area contributed by atoms with Gasteiger partial charge in [-0.2, -0.15) is 0 Å². The zero-order valence-electron chi connectivity index (χ0n) is 11.2. The molecule has 0 bridgehead atoms. The summed E-state index contributed by atoms with van der Waals surface area (Å²) in [4.78, 5) is 12.3. The van der Waals surface area contributed by atoms with Crippen LogP contribution in [0.25, 0.3) is 0 Å². The molecule has 1 aliphatic carbocycles. The molecule has 0 aromatic carbocycles. The lowest BCUT2D eigenvalue weighted by Crippen LogP contribution is -2.50. The van der Waals surface area contributed by atoms with Crippen molar-refractivity contribution in [2.24, 2.45) is 10.8 Å². The molecule has 2 heteroatoms. The Bertz CT molecular complexity index is 300. The lowest BCUT2D eigenvalue weighted by Gasteiger charge is -2.44. The number of hydrogen-bond donors (Lipinski definition) is 0. The zero-order chi connectivity index (χ0) is 12.6. The molecule has 0 aromatic rings. The molecule has 1 saturated carbocycles. The third-order valence-electron chi connectivity index (χ3n) is 3.51. The topological polar surface area (TPSA) is 26.3 Å². The maximum absolute atomic E-state index is 12.3. The van der Waals surface area contributed by atoms with E-state index in [0.717, 1.165) is 18.4 Å². The average molecular weight is 224 g/mol. The SMILES string of the molecule is C=C(C)COC1C(=O)C(C)(C)CCC1(C)C. The van der Waals surface area contributed by atoms with Gasteiger partial charge in [-0.3, -0.25) is 4.79 Å². The van der Waals surface area contributed by atoms with Crippen molar-refractivity contribution in [3.63, 3.8) is 0 Å². The minimum Gasteiger partial charge on any atom is -0.366 e. The Labute approximate surface area is 99.1 Å². The quantitative estimate of drug-likeness (QED) is 0.687. The summed E-state index contributed by atoms with van der Waals surface area (Å²) in [7, 11) is 0. The summed E-state index contributed by atoms with van der Waals surface area (Å²) in [5.41, 5.74) is 0.670. The second kappa shape index (κ2) is 4.33. The first-order chi connectivity index (χ1) is 7.17. The zero-order valence-corrected chi connectivity index (χ0v) is 11.2. The molecular weight excluding hydrogens is 200 g/mol. The van der Waals surface area contributed by atoms with E-state index >= 15 is 0 Å². The molecule has 0 spiro atoms. The van der Waals surface area contributed by atoms with Crippen LogP contribution < -0.4 is 0 Å². The fourth-order valence-electron chi connectivity index (χ4n) is 2.13. The molecule has 1 aliphatic rings. The minimum absolute atomic E-state index is 0.0535. The second-order valence-corrected chi connectivity index (χ2v) is 6.38. The Kier molecular flexibility index (Phi) is 3.63. The van der Waals surface area contributed by atoms with Gasteiger partial charge in [-0.1, -0.05) is 39.8 Å². The molecule has 16 heavy (non-hydrogen) atoms. The first-order valence-corrected chi connectivity index (χ1v) is 5.97. The lowest BCUT2D eigenvalue weighted by molar-refractivity contribution is -0.154. The third-order valence-corrected chi connectivity index (χ3v) is 3.51. The third kappa shape index (κ3) is 2.73. The number of rotatable bonds is 3. The highest BCUT2D eigenvalue weighted by atomic mass is 16.5. The Balaban J connectivity index is 2.82. The minimum atomic E-state index is -0.284. The van der Waals surface area contributed by atoms with Crippen molar-refractivity contribution >= 4 is 5.78 Å². The molecule has 1 fully saturated rings. The molecule has 0 N–H and O–H groups in total. The fraction of sp³-hybridized carbons (Fsp3) is 0.786. The monoisotopic (exact) mass is 224 g/mol. The van der Waals surface area contributed by atoms with Crippen LogP contribution >= 0.6 is 0 Å². The molecule has 1 rings (SSSR count). The van der Waals surface area contributed by atoms with Gasteiger partial charge in [-0.25, -0.2) is 0 Å². The van der Waals surface area contributed by atoms with Gasteiger partial charge in [0, 0.05) is 5.41 Å². The maximum Gasteiger partial charge on any atom is 0.167 e. The first kappa shape index (κ1) is 13.4. The Morgan fingerprint density at radius 3 is 2.44 bits per heavy atom. The fourth-order valence-corrected chi connectivity index (χ4v) is 2.13. The van der Waals surface area contributed by atoms with Gasteiger partial charge in [-0.15, -0.1) is 0 Å². The molecule has 0 amide bonds. The summed E-state index contributed by atoms with van der Waals surface area (Å²) in [5, 5.41) is 0. The van der Waals surface area contributed by atoms with Crippen LogP contribution in [0.5, 0.6) is 0 Å². The predicted octanol–water partition coefficient (Wildman–Crippen LogP) is 3.36. The Hall–Kier alpha value is -0.630. The number of hydrogen-bond acceptors (Lipinski definition) is 2. The van der Waals surface area contributed by atoms with Gasteiger partial charge in [0.2, 0.25) is 0 Å². The van der Waals surface area contributed by atoms with E-state index in [-0.39, 0.29) is 22.7 Å². The molecule has 1 unspecified atom stereocenters. The van der Waals surface area contributed by atoms with E-state index in [2.05, 4.69) is 20.4 Å². The van der Waals surface area contributed by atoms with Gasteiger partial charge in [-0.05, 0) is 25.2 Å². The number of carbonyl (C=O) groups is 1. The molecular formula is C14H24O2. The molecule has 2 nitrogen and oxygen atoms in total. The van der Waals surface area contributed by atoms with Crippen molar-refractivity contribution in [3.8, 4) is 0 Å². The van der Waals surface area contributed by atoms with Crippen molar-refractivity contribution in [1.82, 2.24) is 0 Å². The highest BCUT2D eigenvalue weighted by Gasteiger charge is 2.47. The van der Waals surface area contributed by atoms with Crippen LogP contribution in [0.2, 0.25) is 0 Å². The van der Waals surface area contributed by atoms with Gasteiger partial charge in [0.25, 0.3) is 0 Å². The summed E-state index contributed by atoms with van der Waals surface area (Å²) in [5.74, 6) is 0.241. The Morgan fingerprint density at radius 2 is 1.94 bits per heavy atom. The van der Waals surface area contributed by atoms with Gasteiger partial charge in [0.1, 0.15) is 6.10 Å². The van der Waals surface area contributed by atoms with Crippen LogP contribution in [0.3, 0.4) is 0 Å². The van der Waals surface area contributed by atoms with Crippen LogP contribution in [-0.4, -0.2) is 18.5 Å². The first-order valence-electron chi connectivity index (χ1n) is 5.97. The highest BCUT2D eigenvalue weighted by molar-refractivity contribution is 5.89. The largest absolute Gasteiger partial charge is 0.366 e. The van der Waals surface area contributed by atoms with E-state index in [1.807, 2.05) is 20.8 Å². The standard InChI is InChI=1S/C14H24O2/c1-10(2)9-16-12-11(15)13(3,4)7-8-14(12,5)6/h12H,1,7-9H2,2-6H3. The van der Waals surface area contributed by atoms with E-state index in [1.165, 1.54) is 0 Å². The smallest absolute Gasteiger partial charge is 0.167 e. The van der Waals surface area contributed by atoms with Crippen molar-refractivity contribution in [3.05, 3.63) is 12.2 Å². The van der Waals surface area contributed by atoms with Crippen LogP contribution in [0.1, 0.15) is 47.5 Å². The van der Waals surface area contributed by atoms with Gasteiger partial charge >= 0.3 is 0 Å². The maximum atomic E-state index is 12.3. The highest BCUT2D eigenvalue weighted by Crippen LogP contribution is 2.43. The number of ether oxygens (including phenoxy) is 1. The average Bonchev–Trinajstić information content (AvgIpc) is 2.12. The van der Waals surface area contributed by atoms with Crippen LogP contribution in [0.15, 0.2) is 12.2 Å². The van der Waals surface area contributed by atoms with Crippen molar-refractivity contribution < 1.29 is 9.53 Å². The van der Waals surface area contributed by atoms with Gasteiger partial charge < -0.3 is 4.74 Å².